The lowest BCUT2D eigenvalue weighted by Crippen LogP contribution is -2.37. The highest BCUT2D eigenvalue weighted by Gasteiger charge is 2.30. The first-order valence-corrected chi connectivity index (χ1v) is 11.1. The summed E-state index contributed by atoms with van der Waals surface area (Å²) in [7, 11) is -3.33. The predicted octanol–water partition coefficient (Wildman–Crippen LogP) is 2.19. The molecule has 2 aromatic carbocycles. The maximum absolute atomic E-state index is 12.6. The van der Waals surface area contributed by atoms with Crippen LogP contribution in [0.25, 0.3) is 10.9 Å². The fourth-order valence-corrected chi connectivity index (χ4v) is 5.36. The summed E-state index contributed by atoms with van der Waals surface area (Å²) in [5.74, 6) is -0.405. The standard InChI is InChI=1S/C19H16BrN3O4S/c20-12-5-6-15-14(9-12)19(25)23(11-21-15)10-18(24)22-16-7-8-28(26,27)17-4-2-1-3-13(16)17/h1-6,9,11,16H,7-8,10H2,(H,22,24). The number of hydrogen-bond acceptors (Lipinski definition) is 5. The van der Waals surface area contributed by atoms with E-state index >= 15 is 0 Å². The van der Waals surface area contributed by atoms with Crippen LogP contribution in [-0.2, 0) is 21.2 Å². The van der Waals surface area contributed by atoms with Gasteiger partial charge in [0.05, 0.1) is 33.9 Å². The second-order valence-corrected chi connectivity index (χ2v) is 9.60. The molecule has 0 saturated carbocycles. The Kier molecular flexibility index (Phi) is 4.80. The Labute approximate surface area is 169 Å². The van der Waals surface area contributed by atoms with Gasteiger partial charge in [0.25, 0.3) is 5.56 Å². The van der Waals surface area contributed by atoms with Gasteiger partial charge in [-0.2, -0.15) is 0 Å². The number of aromatic nitrogens is 2. The largest absolute Gasteiger partial charge is 0.348 e. The van der Waals surface area contributed by atoms with Crippen LogP contribution < -0.4 is 10.9 Å². The number of amides is 1. The van der Waals surface area contributed by atoms with Crippen molar-refractivity contribution in [1.82, 2.24) is 14.9 Å². The number of nitrogens with one attached hydrogen (secondary N) is 1. The Bertz CT molecular complexity index is 1250. The SMILES string of the molecule is O=C(Cn1cnc2ccc(Br)cc2c1=O)NC1CCS(=O)(=O)c2ccccc21. The monoisotopic (exact) mass is 461 g/mol. The van der Waals surface area contributed by atoms with Crippen molar-refractivity contribution in [1.29, 1.82) is 0 Å². The van der Waals surface area contributed by atoms with E-state index in [0.717, 1.165) is 4.47 Å². The smallest absolute Gasteiger partial charge is 0.261 e. The van der Waals surface area contributed by atoms with Crippen LogP contribution in [-0.4, -0.2) is 29.6 Å². The summed E-state index contributed by atoms with van der Waals surface area (Å²) in [4.78, 5) is 29.7. The van der Waals surface area contributed by atoms with Crippen LogP contribution in [0.15, 0.2) is 63.0 Å². The quantitative estimate of drug-likeness (QED) is 0.644. The van der Waals surface area contributed by atoms with E-state index in [1.807, 2.05) is 0 Å². The zero-order valence-corrected chi connectivity index (χ0v) is 17.0. The summed E-state index contributed by atoms with van der Waals surface area (Å²) in [6.45, 7) is -0.195. The van der Waals surface area contributed by atoms with Crippen LogP contribution in [0, 0.1) is 0 Å². The van der Waals surface area contributed by atoms with Gasteiger partial charge in [-0.1, -0.05) is 34.1 Å². The summed E-state index contributed by atoms with van der Waals surface area (Å²) in [5.41, 5.74) is 0.819. The van der Waals surface area contributed by atoms with Crippen LogP contribution in [0.4, 0.5) is 0 Å². The summed E-state index contributed by atoms with van der Waals surface area (Å²) in [6.07, 6.45) is 1.64. The lowest BCUT2D eigenvalue weighted by atomic mass is 10.0. The third-order valence-corrected chi connectivity index (χ3v) is 7.05. The minimum atomic E-state index is -3.33. The van der Waals surface area contributed by atoms with E-state index < -0.39 is 15.9 Å². The first-order chi connectivity index (χ1) is 13.3. The number of benzene rings is 2. The number of carbonyl (C=O) groups excluding carboxylic acids is 1. The molecule has 1 aliphatic rings. The van der Waals surface area contributed by atoms with Crippen molar-refractivity contribution in [2.45, 2.75) is 23.9 Å². The van der Waals surface area contributed by atoms with E-state index in [4.69, 9.17) is 0 Å². The minimum absolute atomic E-state index is 0.0273. The molecule has 0 fully saturated rings. The number of hydrogen-bond donors (Lipinski definition) is 1. The van der Waals surface area contributed by atoms with Crippen LogP contribution >= 0.6 is 15.9 Å². The Morgan fingerprint density at radius 2 is 2.04 bits per heavy atom. The van der Waals surface area contributed by atoms with Gasteiger partial charge in [-0.25, -0.2) is 13.4 Å². The normalized spacial score (nSPS) is 17.8. The molecule has 1 unspecified atom stereocenters. The fourth-order valence-electron chi connectivity index (χ4n) is 3.38. The molecular weight excluding hydrogens is 446 g/mol. The Hall–Kier alpha value is -2.52. The highest BCUT2D eigenvalue weighted by atomic mass is 79.9. The molecule has 7 nitrogen and oxygen atoms in total. The predicted molar refractivity (Wildman–Crippen MR) is 108 cm³/mol. The molecule has 144 valence electrons. The molecule has 0 spiro atoms. The minimum Gasteiger partial charge on any atom is -0.348 e. The van der Waals surface area contributed by atoms with Crippen LogP contribution in [0.3, 0.4) is 0 Å². The van der Waals surface area contributed by atoms with Crippen molar-refractivity contribution in [2.24, 2.45) is 0 Å². The number of sulfone groups is 1. The molecule has 1 N–H and O–H groups in total. The van der Waals surface area contributed by atoms with Crippen LogP contribution in [0.1, 0.15) is 18.0 Å². The van der Waals surface area contributed by atoms with E-state index in [1.54, 1.807) is 42.5 Å². The highest BCUT2D eigenvalue weighted by Crippen LogP contribution is 2.31. The average molecular weight is 462 g/mol. The van der Waals surface area contributed by atoms with Crippen molar-refractivity contribution < 1.29 is 13.2 Å². The lowest BCUT2D eigenvalue weighted by molar-refractivity contribution is -0.122. The number of carbonyl (C=O) groups is 1. The second-order valence-electron chi connectivity index (χ2n) is 6.60. The molecular formula is C19H16BrN3O4S. The van der Waals surface area contributed by atoms with E-state index in [-0.39, 0.29) is 28.7 Å². The number of halogens is 1. The number of fused-ring (bicyclic) bond motifs is 2. The van der Waals surface area contributed by atoms with Gasteiger partial charge in [-0.15, -0.1) is 0 Å². The zero-order chi connectivity index (χ0) is 19.9. The van der Waals surface area contributed by atoms with Crippen molar-refractivity contribution in [2.75, 3.05) is 5.75 Å². The summed E-state index contributed by atoms with van der Waals surface area (Å²) in [6, 6.07) is 11.4. The lowest BCUT2D eigenvalue weighted by Gasteiger charge is -2.26. The molecule has 0 aliphatic carbocycles. The Balaban J connectivity index is 1.58. The molecule has 1 aromatic heterocycles. The highest BCUT2D eigenvalue weighted by molar-refractivity contribution is 9.10. The molecule has 2 heterocycles. The Morgan fingerprint density at radius 3 is 2.86 bits per heavy atom. The van der Waals surface area contributed by atoms with Crippen molar-refractivity contribution >= 4 is 42.6 Å². The molecule has 3 aromatic rings. The third kappa shape index (κ3) is 3.47. The molecule has 0 radical (unpaired) electrons. The summed E-state index contributed by atoms with van der Waals surface area (Å²) in [5, 5.41) is 3.26. The number of nitrogens with zero attached hydrogens (tertiary/aromatic N) is 2. The van der Waals surface area contributed by atoms with Crippen molar-refractivity contribution in [3.8, 4) is 0 Å². The van der Waals surface area contributed by atoms with Gasteiger partial charge in [0, 0.05) is 4.47 Å². The topological polar surface area (TPSA) is 98.1 Å². The zero-order valence-electron chi connectivity index (χ0n) is 14.6. The van der Waals surface area contributed by atoms with E-state index in [0.29, 0.717) is 22.9 Å². The summed E-state index contributed by atoms with van der Waals surface area (Å²) < 4.78 is 26.4. The second kappa shape index (κ2) is 7.14. The molecule has 9 heteroatoms. The molecule has 1 atom stereocenters. The van der Waals surface area contributed by atoms with Crippen LogP contribution in [0.2, 0.25) is 0 Å². The van der Waals surface area contributed by atoms with Gasteiger partial charge in [0.2, 0.25) is 5.91 Å². The van der Waals surface area contributed by atoms with E-state index in [1.165, 1.54) is 10.9 Å². The van der Waals surface area contributed by atoms with E-state index in [9.17, 15) is 18.0 Å². The van der Waals surface area contributed by atoms with Gasteiger partial charge in [-0.3, -0.25) is 14.2 Å². The molecule has 0 saturated heterocycles. The van der Waals surface area contributed by atoms with Gasteiger partial charge in [0.1, 0.15) is 6.54 Å². The van der Waals surface area contributed by atoms with Gasteiger partial charge >= 0.3 is 0 Å². The molecule has 4 rings (SSSR count). The molecule has 28 heavy (non-hydrogen) atoms. The Morgan fingerprint density at radius 1 is 1.25 bits per heavy atom. The first kappa shape index (κ1) is 18.8. The number of rotatable bonds is 3. The van der Waals surface area contributed by atoms with E-state index in [2.05, 4.69) is 26.2 Å². The summed E-state index contributed by atoms with van der Waals surface area (Å²) >= 11 is 3.33. The van der Waals surface area contributed by atoms with Crippen molar-refractivity contribution in [3.05, 3.63) is 69.2 Å². The maximum atomic E-state index is 12.6. The molecule has 0 bridgehead atoms. The van der Waals surface area contributed by atoms with Crippen molar-refractivity contribution in [3.63, 3.8) is 0 Å². The van der Waals surface area contributed by atoms with Crippen LogP contribution in [0.5, 0.6) is 0 Å². The van der Waals surface area contributed by atoms with Gasteiger partial charge < -0.3 is 5.32 Å². The fraction of sp³-hybridized carbons (Fsp3) is 0.211. The average Bonchev–Trinajstić information content (AvgIpc) is 2.67. The van der Waals surface area contributed by atoms with Gasteiger partial charge in [-0.05, 0) is 36.2 Å². The molecule has 1 amide bonds. The maximum Gasteiger partial charge on any atom is 0.261 e. The third-order valence-electron chi connectivity index (χ3n) is 4.74. The first-order valence-electron chi connectivity index (χ1n) is 8.61. The molecule has 1 aliphatic heterocycles. The van der Waals surface area contributed by atoms with Gasteiger partial charge in [0.15, 0.2) is 9.84 Å².